The van der Waals surface area contributed by atoms with Crippen molar-refractivity contribution in [3.05, 3.63) is 77.5 Å². The van der Waals surface area contributed by atoms with Gasteiger partial charge in [0.1, 0.15) is 0 Å². The lowest BCUT2D eigenvalue weighted by molar-refractivity contribution is -0.138. The molecule has 1 aromatic heterocycles. The van der Waals surface area contributed by atoms with E-state index < -0.39 is 23.5 Å². The lowest BCUT2D eigenvalue weighted by Crippen LogP contribution is -2.22. The van der Waals surface area contributed by atoms with Gasteiger partial charge in [0, 0.05) is 11.8 Å². The molecular weight excluding hydrogens is 396 g/mol. The first-order valence-electron chi connectivity index (χ1n) is 8.50. The van der Waals surface area contributed by atoms with Crippen molar-refractivity contribution in [2.24, 2.45) is 0 Å². The topological polar surface area (TPSA) is 28.2 Å². The minimum absolute atomic E-state index is 0.183. The molecule has 2 aromatic carbocycles. The fourth-order valence-electron chi connectivity index (χ4n) is 3.17. The van der Waals surface area contributed by atoms with Crippen molar-refractivity contribution in [3.8, 4) is 11.3 Å². The second-order valence-electron chi connectivity index (χ2n) is 6.51. The quantitative estimate of drug-likeness (QED) is 0.516. The Morgan fingerprint density at radius 1 is 0.862 bits per heavy atom. The molecule has 0 spiro atoms. The number of hydrogen-bond donors (Lipinski definition) is 1. The van der Waals surface area contributed by atoms with Gasteiger partial charge in [-0.3, -0.25) is 15.4 Å². The molecule has 150 valence electrons. The van der Waals surface area contributed by atoms with Crippen LogP contribution in [-0.4, -0.2) is 4.98 Å². The second-order valence-corrected chi connectivity index (χ2v) is 6.51. The number of fused-ring (bicyclic) bond motifs is 1. The van der Waals surface area contributed by atoms with Crippen LogP contribution in [0.4, 0.5) is 37.7 Å². The molecule has 0 bridgehead atoms. The lowest BCUT2D eigenvalue weighted by atomic mass is 10.0. The summed E-state index contributed by atoms with van der Waals surface area (Å²) in [6, 6.07) is 11.6. The number of alkyl halides is 6. The molecule has 29 heavy (non-hydrogen) atoms. The van der Waals surface area contributed by atoms with Gasteiger partial charge in [-0.05, 0) is 48.0 Å². The summed E-state index contributed by atoms with van der Waals surface area (Å²) in [7, 11) is 0. The van der Waals surface area contributed by atoms with E-state index in [1.165, 1.54) is 24.4 Å². The van der Waals surface area contributed by atoms with Crippen LogP contribution in [0.5, 0.6) is 0 Å². The highest BCUT2D eigenvalue weighted by Crippen LogP contribution is 2.39. The molecule has 3 nitrogen and oxygen atoms in total. The Hall–Kier alpha value is -3.23. The maximum Gasteiger partial charge on any atom is 0.418 e. The van der Waals surface area contributed by atoms with Gasteiger partial charge in [-0.1, -0.05) is 12.1 Å². The highest BCUT2D eigenvalue weighted by atomic mass is 19.4. The molecule has 0 fully saturated rings. The lowest BCUT2D eigenvalue weighted by Gasteiger charge is -2.19. The Morgan fingerprint density at radius 3 is 2.24 bits per heavy atom. The summed E-state index contributed by atoms with van der Waals surface area (Å²) in [5.74, 6) is 0. The molecule has 0 atom stereocenters. The van der Waals surface area contributed by atoms with E-state index in [-0.39, 0.29) is 5.69 Å². The SMILES string of the molecule is FC(F)(F)c1ccc(N2Cc3ccc(-c4ncccc4C(F)(F)F)cc3N2)cc1. The molecular formula is C20H13F6N3. The van der Waals surface area contributed by atoms with Crippen molar-refractivity contribution in [2.75, 3.05) is 10.4 Å². The first kappa shape index (κ1) is 19.1. The van der Waals surface area contributed by atoms with Gasteiger partial charge < -0.3 is 0 Å². The molecule has 1 N–H and O–H groups in total. The van der Waals surface area contributed by atoms with Gasteiger partial charge in [0.2, 0.25) is 0 Å². The van der Waals surface area contributed by atoms with E-state index in [1.807, 2.05) is 0 Å². The van der Waals surface area contributed by atoms with Crippen LogP contribution in [0.1, 0.15) is 16.7 Å². The monoisotopic (exact) mass is 409 g/mol. The van der Waals surface area contributed by atoms with Crippen LogP contribution in [0.3, 0.4) is 0 Å². The van der Waals surface area contributed by atoms with E-state index in [2.05, 4.69) is 10.4 Å². The summed E-state index contributed by atoms with van der Waals surface area (Å²) in [6.45, 7) is 0.356. The Bertz CT molecular complexity index is 1040. The van der Waals surface area contributed by atoms with Gasteiger partial charge in [0.25, 0.3) is 0 Å². The van der Waals surface area contributed by atoms with E-state index in [0.29, 0.717) is 23.5 Å². The third kappa shape index (κ3) is 3.72. The summed E-state index contributed by atoms with van der Waals surface area (Å²) in [5.41, 5.74) is 3.42. The molecule has 0 saturated carbocycles. The molecule has 4 rings (SSSR count). The molecule has 1 aliphatic rings. The Balaban J connectivity index is 1.62. The number of anilines is 2. The Labute approximate surface area is 161 Å². The predicted octanol–water partition coefficient (Wildman–Crippen LogP) is 6.13. The van der Waals surface area contributed by atoms with E-state index in [9.17, 15) is 26.3 Å². The minimum atomic E-state index is -4.54. The number of rotatable bonds is 2. The van der Waals surface area contributed by atoms with E-state index in [1.54, 1.807) is 23.2 Å². The van der Waals surface area contributed by atoms with Crippen molar-refractivity contribution < 1.29 is 26.3 Å². The fourth-order valence-corrected chi connectivity index (χ4v) is 3.17. The number of halogens is 6. The number of nitrogens with one attached hydrogen (secondary N) is 1. The van der Waals surface area contributed by atoms with Crippen LogP contribution >= 0.6 is 0 Å². The smallest absolute Gasteiger partial charge is 0.298 e. The zero-order valence-electron chi connectivity index (χ0n) is 14.6. The molecule has 0 aliphatic carbocycles. The summed E-state index contributed by atoms with van der Waals surface area (Å²) in [4.78, 5) is 3.88. The number of nitrogens with zero attached hydrogens (tertiary/aromatic N) is 2. The standard InChI is InChI=1S/C20H13F6N3/c21-19(22,23)14-5-7-15(8-6-14)29-11-13-4-3-12(10-17(13)28-29)18-16(20(24,25)26)2-1-9-27-18/h1-10,28H,11H2. The molecule has 9 heteroatoms. The molecule has 0 unspecified atom stereocenters. The second kappa shape index (κ2) is 6.68. The first-order chi connectivity index (χ1) is 13.6. The van der Waals surface area contributed by atoms with E-state index >= 15 is 0 Å². The van der Waals surface area contributed by atoms with Crippen LogP contribution in [0.15, 0.2) is 60.8 Å². The third-order valence-corrected chi connectivity index (χ3v) is 4.59. The number of pyridine rings is 1. The molecule has 0 radical (unpaired) electrons. The van der Waals surface area contributed by atoms with Crippen LogP contribution < -0.4 is 10.4 Å². The van der Waals surface area contributed by atoms with Gasteiger partial charge in [0.05, 0.1) is 34.7 Å². The number of hydrazine groups is 1. The highest BCUT2D eigenvalue weighted by molar-refractivity contribution is 5.74. The number of aromatic nitrogens is 1. The Kier molecular flexibility index (Phi) is 4.40. The number of hydrogen-bond acceptors (Lipinski definition) is 3. The van der Waals surface area contributed by atoms with Crippen molar-refractivity contribution >= 4 is 11.4 Å². The number of benzene rings is 2. The maximum atomic E-state index is 13.3. The maximum absolute atomic E-state index is 13.3. The normalized spacial score (nSPS) is 13.9. The average molecular weight is 409 g/mol. The van der Waals surface area contributed by atoms with Gasteiger partial charge in [-0.25, -0.2) is 0 Å². The van der Waals surface area contributed by atoms with E-state index in [4.69, 9.17) is 0 Å². The zero-order chi connectivity index (χ0) is 20.8. The third-order valence-electron chi connectivity index (χ3n) is 4.59. The zero-order valence-corrected chi connectivity index (χ0v) is 14.6. The van der Waals surface area contributed by atoms with Gasteiger partial charge >= 0.3 is 12.4 Å². The van der Waals surface area contributed by atoms with E-state index in [0.717, 1.165) is 23.8 Å². The van der Waals surface area contributed by atoms with Gasteiger partial charge in [0.15, 0.2) is 0 Å². The first-order valence-corrected chi connectivity index (χ1v) is 8.50. The predicted molar refractivity (Wildman–Crippen MR) is 95.9 cm³/mol. The van der Waals surface area contributed by atoms with Crippen LogP contribution in [-0.2, 0) is 18.9 Å². The summed E-state index contributed by atoms with van der Waals surface area (Å²) in [6.07, 6.45) is -7.67. The average Bonchev–Trinajstić information content (AvgIpc) is 3.10. The van der Waals surface area contributed by atoms with Crippen LogP contribution in [0.2, 0.25) is 0 Å². The Morgan fingerprint density at radius 2 is 1.59 bits per heavy atom. The molecule has 2 heterocycles. The highest BCUT2D eigenvalue weighted by Gasteiger charge is 2.34. The molecule has 1 aliphatic heterocycles. The van der Waals surface area contributed by atoms with Crippen molar-refractivity contribution in [1.82, 2.24) is 4.98 Å². The van der Waals surface area contributed by atoms with Crippen molar-refractivity contribution in [3.63, 3.8) is 0 Å². The molecule has 3 aromatic rings. The minimum Gasteiger partial charge on any atom is -0.298 e. The van der Waals surface area contributed by atoms with Gasteiger partial charge in [-0.15, -0.1) is 0 Å². The summed E-state index contributed by atoms with van der Waals surface area (Å²) < 4.78 is 77.9. The summed E-state index contributed by atoms with van der Waals surface area (Å²) >= 11 is 0. The van der Waals surface area contributed by atoms with Crippen molar-refractivity contribution in [1.29, 1.82) is 0 Å². The fraction of sp³-hybridized carbons (Fsp3) is 0.150. The van der Waals surface area contributed by atoms with Crippen LogP contribution in [0, 0.1) is 0 Å². The largest absolute Gasteiger partial charge is 0.418 e. The van der Waals surface area contributed by atoms with Crippen LogP contribution in [0.25, 0.3) is 11.3 Å². The van der Waals surface area contributed by atoms with Gasteiger partial charge in [-0.2, -0.15) is 26.3 Å². The summed E-state index contributed by atoms with van der Waals surface area (Å²) in [5, 5.41) is 1.62. The van der Waals surface area contributed by atoms with Crippen molar-refractivity contribution in [2.45, 2.75) is 18.9 Å². The molecule has 0 amide bonds. The molecule has 0 saturated heterocycles.